The first-order valence-electron chi connectivity index (χ1n) is 8.52. The van der Waals surface area contributed by atoms with Gasteiger partial charge in [0.1, 0.15) is 24.3 Å². The van der Waals surface area contributed by atoms with Crippen molar-refractivity contribution in [1.29, 1.82) is 0 Å². The van der Waals surface area contributed by atoms with E-state index < -0.39 is 0 Å². The monoisotopic (exact) mass is 325 g/mol. The summed E-state index contributed by atoms with van der Waals surface area (Å²) in [5.74, 6) is 2.46. The van der Waals surface area contributed by atoms with Gasteiger partial charge < -0.3 is 19.4 Å². The van der Waals surface area contributed by atoms with E-state index in [-0.39, 0.29) is 6.10 Å². The van der Waals surface area contributed by atoms with Crippen molar-refractivity contribution >= 4 is 6.08 Å². The largest absolute Gasteiger partial charge is 0.489 e. The van der Waals surface area contributed by atoms with Crippen LogP contribution in [0.4, 0.5) is 0 Å². The molecule has 1 fully saturated rings. The lowest BCUT2D eigenvalue weighted by Crippen LogP contribution is -2.29. The maximum Gasteiger partial charge on any atom is 0.137 e. The number of ether oxygens (including phenoxy) is 2. The van der Waals surface area contributed by atoms with Crippen LogP contribution in [0.25, 0.3) is 6.08 Å². The average molecular weight is 325 g/mol. The number of nitrogens with zero attached hydrogens (tertiary/aromatic N) is 2. The summed E-state index contributed by atoms with van der Waals surface area (Å²) < 4.78 is 13.8. The molecule has 1 saturated heterocycles. The first-order valence-corrected chi connectivity index (χ1v) is 8.52. The van der Waals surface area contributed by atoms with Gasteiger partial charge in [0.15, 0.2) is 0 Å². The standard InChI is InChI=1S/C19H23N3O2/c1-22-8-7-21-19(22)18-16(6-9-23-18)12-20-11-14-10-15-4-2-3-5-17(15)24-13-14/h2-5,7-8,10,16,18,20H,6,9,11-13H2,1H3/t16-,18+/m0/s1. The summed E-state index contributed by atoms with van der Waals surface area (Å²) in [7, 11) is 2.02. The van der Waals surface area contributed by atoms with Gasteiger partial charge in [0.25, 0.3) is 0 Å². The summed E-state index contributed by atoms with van der Waals surface area (Å²) in [6.07, 6.45) is 7.21. The van der Waals surface area contributed by atoms with Gasteiger partial charge in [-0.1, -0.05) is 18.2 Å². The zero-order chi connectivity index (χ0) is 16.4. The molecule has 24 heavy (non-hydrogen) atoms. The number of imidazole rings is 1. The van der Waals surface area contributed by atoms with Gasteiger partial charge in [-0.3, -0.25) is 0 Å². The molecule has 0 amide bonds. The van der Waals surface area contributed by atoms with E-state index >= 15 is 0 Å². The summed E-state index contributed by atoms with van der Waals surface area (Å²) in [4.78, 5) is 4.45. The lowest BCUT2D eigenvalue weighted by Gasteiger charge is -2.21. The zero-order valence-corrected chi connectivity index (χ0v) is 13.9. The van der Waals surface area contributed by atoms with Crippen molar-refractivity contribution < 1.29 is 9.47 Å². The Morgan fingerprint density at radius 3 is 3.12 bits per heavy atom. The summed E-state index contributed by atoms with van der Waals surface area (Å²) in [5.41, 5.74) is 2.44. The molecule has 0 spiro atoms. The summed E-state index contributed by atoms with van der Waals surface area (Å²) in [6, 6.07) is 8.16. The smallest absolute Gasteiger partial charge is 0.137 e. The molecule has 126 valence electrons. The topological polar surface area (TPSA) is 48.3 Å². The van der Waals surface area contributed by atoms with Gasteiger partial charge in [-0.2, -0.15) is 0 Å². The van der Waals surface area contributed by atoms with Crippen LogP contribution in [0.3, 0.4) is 0 Å². The quantitative estimate of drug-likeness (QED) is 0.918. The Bertz CT molecular complexity index is 738. The summed E-state index contributed by atoms with van der Waals surface area (Å²) in [6.45, 7) is 3.24. The Morgan fingerprint density at radius 1 is 1.33 bits per heavy atom. The predicted molar refractivity (Wildman–Crippen MR) is 92.8 cm³/mol. The van der Waals surface area contributed by atoms with Crippen LogP contribution < -0.4 is 10.1 Å². The van der Waals surface area contributed by atoms with E-state index in [0.717, 1.165) is 43.3 Å². The number of fused-ring (bicyclic) bond motifs is 1. The molecule has 0 radical (unpaired) electrons. The number of rotatable bonds is 5. The molecule has 2 aliphatic heterocycles. The van der Waals surface area contributed by atoms with E-state index in [1.165, 1.54) is 5.57 Å². The van der Waals surface area contributed by atoms with Crippen molar-refractivity contribution in [1.82, 2.24) is 14.9 Å². The van der Waals surface area contributed by atoms with Crippen LogP contribution in [0.2, 0.25) is 0 Å². The fourth-order valence-corrected chi connectivity index (χ4v) is 3.46. The summed E-state index contributed by atoms with van der Waals surface area (Å²) in [5, 5.41) is 3.57. The molecule has 1 aromatic carbocycles. The molecule has 4 rings (SSSR count). The molecule has 2 atom stereocenters. The maximum absolute atomic E-state index is 5.92. The Balaban J connectivity index is 1.34. The zero-order valence-electron chi connectivity index (χ0n) is 13.9. The van der Waals surface area contributed by atoms with Crippen LogP contribution in [0, 0.1) is 5.92 Å². The number of benzene rings is 1. The molecule has 2 aliphatic rings. The van der Waals surface area contributed by atoms with Gasteiger partial charge in [-0.25, -0.2) is 4.98 Å². The van der Waals surface area contributed by atoms with Crippen LogP contribution in [0.5, 0.6) is 5.75 Å². The molecule has 1 aromatic heterocycles. The van der Waals surface area contributed by atoms with E-state index in [9.17, 15) is 0 Å². The third-order valence-corrected chi connectivity index (χ3v) is 4.78. The van der Waals surface area contributed by atoms with E-state index in [1.807, 2.05) is 37.6 Å². The molecule has 0 bridgehead atoms. The first kappa shape index (κ1) is 15.4. The minimum Gasteiger partial charge on any atom is -0.489 e. The van der Waals surface area contributed by atoms with Gasteiger partial charge in [0.05, 0.1) is 0 Å². The number of aryl methyl sites for hydroxylation is 1. The van der Waals surface area contributed by atoms with Crippen molar-refractivity contribution in [2.75, 3.05) is 26.3 Å². The second-order valence-corrected chi connectivity index (χ2v) is 6.50. The lowest BCUT2D eigenvalue weighted by molar-refractivity contribution is 0.0813. The van der Waals surface area contributed by atoms with Crippen molar-refractivity contribution in [2.24, 2.45) is 13.0 Å². The van der Waals surface area contributed by atoms with Gasteiger partial charge in [-0.15, -0.1) is 0 Å². The Morgan fingerprint density at radius 2 is 2.25 bits per heavy atom. The van der Waals surface area contributed by atoms with E-state index in [1.54, 1.807) is 0 Å². The summed E-state index contributed by atoms with van der Waals surface area (Å²) >= 11 is 0. The first-order chi connectivity index (χ1) is 11.8. The minimum atomic E-state index is 0.0924. The van der Waals surface area contributed by atoms with Crippen LogP contribution in [0.1, 0.15) is 23.9 Å². The predicted octanol–water partition coefficient (Wildman–Crippen LogP) is 2.56. The number of hydrogen-bond donors (Lipinski definition) is 1. The maximum atomic E-state index is 5.92. The van der Waals surface area contributed by atoms with Gasteiger partial charge >= 0.3 is 0 Å². The number of para-hydroxylation sites is 1. The Hall–Kier alpha value is -2.11. The van der Waals surface area contributed by atoms with Crippen molar-refractivity contribution in [3.63, 3.8) is 0 Å². The third-order valence-electron chi connectivity index (χ3n) is 4.78. The fraction of sp³-hybridized carbons (Fsp3) is 0.421. The highest BCUT2D eigenvalue weighted by Gasteiger charge is 2.32. The van der Waals surface area contributed by atoms with Gasteiger partial charge in [0.2, 0.25) is 0 Å². The van der Waals surface area contributed by atoms with Crippen LogP contribution >= 0.6 is 0 Å². The van der Waals surface area contributed by atoms with Gasteiger partial charge in [0, 0.05) is 50.6 Å². The molecule has 5 nitrogen and oxygen atoms in total. The highest BCUT2D eigenvalue weighted by Crippen LogP contribution is 2.33. The Labute approximate surface area is 142 Å². The van der Waals surface area contributed by atoms with E-state index in [2.05, 4.69) is 27.0 Å². The molecule has 0 aliphatic carbocycles. The number of aromatic nitrogens is 2. The van der Waals surface area contributed by atoms with Crippen molar-refractivity contribution in [3.05, 3.63) is 53.6 Å². The molecule has 5 heteroatoms. The molecule has 1 N–H and O–H groups in total. The van der Waals surface area contributed by atoms with Gasteiger partial charge in [-0.05, 0) is 24.1 Å². The highest BCUT2D eigenvalue weighted by molar-refractivity contribution is 5.62. The third kappa shape index (κ3) is 3.09. The van der Waals surface area contributed by atoms with Crippen molar-refractivity contribution in [3.8, 4) is 5.75 Å². The highest BCUT2D eigenvalue weighted by atomic mass is 16.5. The molecule has 2 aromatic rings. The number of hydrogen-bond acceptors (Lipinski definition) is 4. The fourth-order valence-electron chi connectivity index (χ4n) is 3.46. The molecule has 3 heterocycles. The van der Waals surface area contributed by atoms with E-state index in [4.69, 9.17) is 9.47 Å². The van der Waals surface area contributed by atoms with Crippen LogP contribution in [-0.4, -0.2) is 35.9 Å². The van der Waals surface area contributed by atoms with E-state index in [0.29, 0.717) is 12.5 Å². The second kappa shape index (κ2) is 6.79. The molecular formula is C19H23N3O2. The van der Waals surface area contributed by atoms with Crippen LogP contribution in [-0.2, 0) is 11.8 Å². The SMILES string of the molecule is Cn1ccnc1[C@@H]1OCC[C@H]1CNCC1=Cc2ccccc2OC1. The second-order valence-electron chi connectivity index (χ2n) is 6.50. The average Bonchev–Trinajstić information content (AvgIpc) is 3.23. The lowest BCUT2D eigenvalue weighted by atomic mass is 10.0. The number of nitrogens with one attached hydrogen (secondary N) is 1. The molecular weight excluding hydrogens is 302 g/mol. The Kier molecular flexibility index (Phi) is 4.36. The van der Waals surface area contributed by atoms with Crippen molar-refractivity contribution in [2.45, 2.75) is 12.5 Å². The normalized spacial score (nSPS) is 22.8. The molecule has 0 saturated carbocycles. The minimum absolute atomic E-state index is 0.0924. The van der Waals surface area contributed by atoms with Crippen LogP contribution in [0.15, 0.2) is 42.2 Å². The molecule has 0 unspecified atom stereocenters.